The van der Waals surface area contributed by atoms with Crippen molar-refractivity contribution in [3.05, 3.63) is 63.8 Å². The molecule has 0 unspecified atom stereocenters. The molecule has 0 fully saturated rings. The number of nitrogens with zero attached hydrogens (tertiary/aromatic N) is 2. The van der Waals surface area contributed by atoms with Gasteiger partial charge >= 0.3 is 5.82 Å². The summed E-state index contributed by atoms with van der Waals surface area (Å²) in [5.74, 6) is 0.404. The van der Waals surface area contributed by atoms with Gasteiger partial charge in [0.15, 0.2) is 0 Å². The summed E-state index contributed by atoms with van der Waals surface area (Å²) in [6.45, 7) is 4.54. The lowest BCUT2D eigenvalue weighted by molar-refractivity contribution is -0.390. The minimum absolute atomic E-state index is 0.186. The lowest BCUT2D eigenvalue weighted by atomic mass is 10.0. The van der Waals surface area contributed by atoms with Gasteiger partial charge in [-0.15, -0.1) is 0 Å². The molecule has 0 aliphatic carbocycles. The lowest BCUT2D eigenvalue weighted by Gasteiger charge is -2.08. The van der Waals surface area contributed by atoms with E-state index in [9.17, 15) is 10.1 Å². The normalized spacial score (nSPS) is 10.6. The Labute approximate surface area is 117 Å². The monoisotopic (exact) mass is 272 g/mol. The van der Waals surface area contributed by atoms with Crippen LogP contribution in [0.3, 0.4) is 0 Å². The SMILES string of the molecule is CC(C)c1ccc(COc2cccnc2[N+](=O)[O-])cc1. The fourth-order valence-electron chi connectivity index (χ4n) is 1.79. The van der Waals surface area contributed by atoms with E-state index in [1.165, 1.54) is 11.8 Å². The van der Waals surface area contributed by atoms with Gasteiger partial charge in [-0.25, -0.2) is 0 Å². The second-order valence-corrected chi connectivity index (χ2v) is 4.77. The first kappa shape index (κ1) is 14.0. The number of hydrogen-bond acceptors (Lipinski definition) is 4. The first-order valence-electron chi connectivity index (χ1n) is 6.39. The predicted molar refractivity (Wildman–Crippen MR) is 75.8 cm³/mol. The van der Waals surface area contributed by atoms with Crippen molar-refractivity contribution in [2.24, 2.45) is 0 Å². The minimum Gasteiger partial charge on any atom is -0.481 e. The van der Waals surface area contributed by atoms with Crippen LogP contribution >= 0.6 is 0 Å². The van der Waals surface area contributed by atoms with Crippen LogP contribution in [0.4, 0.5) is 5.82 Å². The smallest absolute Gasteiger partial charge is 0.406 e. The summed E-state index contributed by atoms with van der Waals surface area (Å²) in [7, 11) is 0. The van der Waals surface area contributed by atoms with E-state index in [-0.39, 0.29) is 18.2 Å². The Hall–Kier alpha value is -2.43. The summed E-state index contributed by atoms with van der Waals surface area (Å²) in [6, 6.07) is 11.2. The van der Waals surface area contributed by atoms with E-state index in [0.717, 1.165) is 5.56 Å². The molecule has 0 aliphatic heterocycles. The van der Waals surface area contributed by atoms with Gasteiger partial charge in [0.05, 0.1) is 0 Å². The molecule has 2 rings (SSSR count). The summed E-state index contributed by atoms with van der Waals surface area (Å²) < 4.78 is 5.48. The number of ether oxygens (including phenoxy) is 1. The third-order valence-corrected chi connectivity index (χ3v) is 2.96. The van der Waals surface area contributed by atoms with Crippen molar-refractivity contribution in [3.8, 4) is 5.75 Å². The average molecular weight is 272 g/mol. The highest BCUT2D eigenvalue weighted by Crippen LogP contribution is 2.24. The molecule has 1 heterocycles. The Balaban J connectivity index is 2.07. The van der Waals surface area contributed by atoms with Gasteiger partial charge in [0, 0.05) is 0 Å². The second kappa shape index (κ2) is 6.14. The van der Waals surface area contributed by atoms with Crippen molar-refractivity contribution >= 4 is 5.82 Å². The van der Waals surface area contributed by atoms with Crippen LogP contribution in [0.25, 0.3) is 0 Å². The van der Waals surface area contributed by atoms with Crippen molar-refractivity contribution in [2.75, 3.05) is 0 Å². The molecule has 0 N–H and O–H groups in total. The molecule has 0 saturated heterocycles. The van der Waals surface area contributed by atoms with Crippen LogP contribution in [0.2, 0.25) is 0 Å². The van der Waals surface area contributed by atoms with Crippen LogP contribution in [0.15, 0.2) is 42.6 Å². The maximum Gasteiger partial charge on any atom is 0.406 e. The van der Waals surface area contributed by atoms with Crippen molar-refractivity contribution in [2.45, 2.75) is 26.4 Å². The molecular formula is C15H16N2O3. The van der Waals surface area contributed by atoms with E-state index >= 15 is 0 Å². The second-order valence-electron chi connectivity index (χ2n) is 4.77. The molecule has 0 aliphatic rings. The molecular weight excluding hydrogens is 256 g/mol. The maximum absolute atomic E-state index is 10.8. The number of nitro groups is 1. The van der Waals surface area contributed by atoms with Gasteiger partial charge in [-0.2, -0.15) is 0 Å². The third-order valence-electron chi connectivity index (χ3n) is 2.96. The number of aromatic nitrogens is 1. The zero-order valence-electron chi connectivity index (χ0n) is 11.4. The number of hydrogen-bond donors (Lipinski definition) is 0. The summed E-state index contributed by atoms with van der Waals surface area (Å²) >= 11 is 0. The summed E-state index contributed by atoms with van der Waals surface area (Å²) in [4.78, 5) is 14.0. The summed E-state index contributed by atoms with van der Waals surface area (Å²) in [5, 5.41) is 10.8. The fraction of sp³-hybridized carbons (Fsp3) is 0.267. The van der Waals surface area contributed by atoms with Gasteiger partial charge in [0.25, 0.3) is 0 Å². The molecule has 0 spiro atoms. The molecule has 20 heavy (non-hydrogen) atoms. The van der Waals surface area contributed by atoms with E-state index < -0.39 is 4.92 Å². The van der Waals surface area contributed by atoms with Crippen molar-refractivity contribution < 1.29 is 9.66 Å². The molecule has 5 heteroatoms. The molecule has 5 nitrogen and oxygen atoms in total. The molecule has 0 atom stereocenters. The van der Waals surface area contributed by atoms with Crippen LogP contribution in [0.5, 0.6) is 5.75 Å². The zero-order valence-corrected chi connectivity index (χ0v) is 11.4. The maximum atomic E-state index is 10.8. The quantitative estimate of drug-likeness (QED) is 0.615. The number of rotatable bonds is 5. The topological polar surface area (TPSA) is 65.3 Å². The molecule has 2 aromatic rings. The van der Waals surface area contributed by atoms with Gasteiger partial charge in [0.1, 0.15) is 12.8 Å². The molecule has 0 radical (unpaired) electrons. The summed E-state index contributed by atoms with van der Waals surface area (Å²) in [5.41, 5.74) is 2.22. The van der Waals surface area contributed by atoms with Crippen LogP contribution in [0, 0.1) is 10.1 Å². The molecule has 0 saturated carbocycles. The zero-order chi connectivity index (χ0) is 14.5. The van der Waals surface area contributed by atoms with Crippen LogP contribution < -0.4 is 4.74 Å². The lowest BCUT2D eigenvalue weighted by Crippen LogP contribution is -2.00. The van der Waals surface area contributed by atoms with Gasteiger partial charge < -0.3 is 14.9 Å². The average Bonchev–Trinajstić information content (AvgIpc) is 2.45. The van der Waals surface area contributed by atoms with Crippen molar-refractivity contribution in [1.29, 1.82) is 0 Å². The standard InChI is InChI=1S/C15H16N2O3/c1-11(2)13-7-5-12(6-8-13)10-20-14-4-3-9-16-15(14)17(18)19/h3-9,11H,10H2,1-2H3. The highest BCUT2D eigenvalue weighted by molar-refractivity contribution is 5.38. The highest BCUT2D eigenvalue weighted by Gasteiger charge is 2.15. The Morgan fingerprint density at radius 2 is 1.95 bits per heavy atom. The van der Waals surface area contributed by atoms with Crippen LogP contribution in [0.1, 0.15) is 30.9 Å². The molecule has 104 valence electrons. The first-order valence-corrected chi connectivity index (χ1v) is 6.39. The van der Waals surface area contributed by atoms with Gasteiger partial charge in [-0.1, -0.05) is 38.1 Å². The van der Waals surface area contributed by atoms with Crippen molar-refractivity contribution in [3.63, 3.8) is 0 Å². The Bertz CT molecular complexity index is 594. The Morgan fingerprint density at radius 1 is 1.25 bits per heavy atom. The Morgan fingerprint density at radius 3 is 2.55 bits per heavy atom. The largest absolute Gasteiger partial charge is 0.481 e. The first-order chi connectivity index (χ1) is 9.58. The van der Waals surface area contributed by atoms with E-state index in [0.29, 0.717) is 5.92 Å². The van der Waals surface area contributed by atoms with Gasteiger partial charge in [-0.3, -0.25) is 0 Å². The van der Waals surface area contributed by atoms with E-state index in [1.54, 1.807) is 12.1 Å². The van der Waals surface area contributed by atoms with Crippen LogP contribution in [-0.4, -0.2) is 9.91 Å². The summed E-state index contributed by atoms with van der Waals surface area (Å²) in [6.07, 6.45) is 1.38. The minimum atomic E-state index is -0.544. The molecule has 0 bridgehead atoms. The third kappa shape index (κ3) is 3.32. The fourth-order valence-corrected chi connectivity index (χ4v) is 1.79. The predicted octanol–water partition coefficient (Wildman–Crippen LogP) is 3.69. The van der Waals surface area contributed by atoms with Gasteiger partial charge in [0.2, 0.25) is 5.75 Å². The molecule has 1 aromatic heterocycles. The van der Waals surface area contributed by atoms with Crippen molar-refractivity contribution in [1.82, 2.24) is 4.98 Å². The van der Waals surface area contributed by atoms with Crippen LogP contribution in [-0.2, 0) is 6.61 Å². The Kier molecular flexibility index (Phi) is 4.30. The highest BCUT2D eigenvalue weighted by atomic mass is 16.6. The molecule has 1 aromatic carbocycles. The molecule has 0 amide bonds. The van der Waals surface area contributed by atoms with E-state index in [1.807, 2.05) is 24.3 Å². The number of pyridine rings is 1. The van der Waals surface area contributed by atoms with Gasteiger partial charge in [-0.05, 0) is 39.1 Å². The number of benzene rings is 1. The van der Waals surface area contributed by atoms with E-state index in [2.05, 4.69) is 18.8 Å². The van der Waals surface area contributed by atoms with E-state index in [4.69, 9.17) is 4.74 Å².